The highest BCUT2D eigenvalue weighted by molar-refractivity contribution is 7.44. The van der Waals surface area contributed by atoms with Gasteiger partial charge in [0.25, 0.3) is 0 Å². The molecule has 0 aromatic heterocycles. The van der Waals surface area contributed by atoms with Crippen LogP contribution in [0.15, 0.2) is 36.9 Å². The van der Waals surface area contributed by atoms with Crippen molar-refractivity contribution in [1.82, 2.24) is 0 Å². The van der Waals surface area contributed by atoms with Crippen LogP contribution in [-0.4, -0.2) is 31.8 Å². The van der Waals surface area contributed by atoms with E-state index >= 15 is 0 Å². The molecular formula is C15H18Cl2O4Si. The lowest BCUT2D eigenvalue weighted by Crippen LogP contribution is -2.16. The Morgan fingerprint density at radius 2 is 1.73 bits per heavy atom. The molecule has 0 N–H and O–H groups in total. The number of carbonyl (C=O) groups is 2. The zero-order valence-corrected chi connectivity index (χ0v) is 14.8. The van der Waals surface area contributed by atoms with E-state index in [1.807, 2.05) is 6.55 Å². The predicted molar refractivity (Wildman–Crippen MR) is 90.0 cm³/mol. The Morgan fingerprint density at radius 1 is 1.18 bits per heavy atom. The van der Waals surface area contributed by atoms with E-state index in [1.54, 1.807) is 12.1 Å². The van der Waals surface area contributed by atoms with E-state index in [4.69, 9.17) is 31.6 Å². The van der Waals surface area contributed by atoms with E-state index in [-0.39, 0.29) is 24.3 Å². The lowest BCUT2D eigenvalue weighted by Gasteiger charge is -2.11. The molecule has 0 heterocycles. The van der Waals surface area contributed by atoms with Crippen LogP contribution in [-0.2, 0) is 9.47 Å². The fourth-order valence-corrected chi connectivity index (χ4v) is 3.24. The number of esters is 2. The van der Waals surface area contributed by atoms with Crippen LogP contribution in [0.1, 0.15) is 27.1 Å². The summed E-state index contributed by atoms with van der Waals surface area (Å²) in [5.41, 5.74) is 0.344. The van der Waals surface area contributed by atoms with Gasteiger partial charge in [0, 0.05) is 0 Å². The summed E-state index contributed by atoms with van der Waals surface area (Å²) >= 11 is 12.0. The van der Waals surface area contributed by atoms with Gasteiger partial charge in [-0.3, -0.25) is 0 Å². The first-order valence-corrected chi connectivity index (χ1v) is 11.5. The zero-order valence-electron chi connectivity index (χ0n) is 12.3. The lowest BCUT2D eigenvalue weighted by atomic mass is 10.1. The van der Waals surface area contributed by atoms with Gasteiger partial charge in [0.2, 0.25) is 6.69 Å². The highest BCUT2D eigenvalue weighted by Gasteiger charge is 2.21. The molecule has 0 radical (unpaired) electrons. The summed E-state index contributed by atoms with van der Waals surface area (Å²) in [6, 6.07) is 6.98. The molecule has 0 aliphatic rings. The average molecular weight is 361 g/mol. The molecule has 0 aliphatic carbocycles. The first-order chi connectivity index (χ1) is 10.3. The predicted octanol–water partition coefficient (Wildman–Crippen LogP) is 4.13. The molecule has 0 atom stereocenters. The minimum Gasteiger partial charge on any atom is -0.462 e. The standard InChI is InChI=1S/C15H18Cl2O4Si/c1-3-9-20-14(18)12-7-4-5-8-13(12)15(19)21-10-6-11-22(2,16)17/h3-5,7-8H,1,6,9-11H2,2H3. The van der Waals surface area contributed by atoms with Gasteiger partial charge in [-0.15, -0.1) is 22.2 Å². The van der Waals surface area contributed by atoms with Crippen LogP contribution in [0.3, 0.4) is 0 Å². The summed E-state index contributed by atoms with van der Waals surface area (Å²) in [5, 5.41) is 0. The number of carbonyl (C=O) groups excluding carboxylic acids is 2. The highest BCUT2D eigenvalue weighted by atomic mass is 35.7. The fourth-order valence-electron chi connectivity index (χ4n) is 1.68. The summed E-state index contributed by atoms with van der Waals surface area (Å²) in [4.78, 5) is 23.9. The maximum absolute atomic E-state index is 12.1. The van der Waals surface area contributed by atoms with E-state index in [9.17, 15) is 9.59 Å². The second-order valence-electron chi connectivity index (χ2n) is 4.74. The molecule has 0 saturated carbocycles. The van der Waals surface area contributed by atoms with Crippen LogP contribution in [0.25, 0.3) is 0 Å². The molecular weight excluding hydrogens is 343 g/mol. The van der Waals surface area contributed by atoms with Crippen molar-refractivity contribution in [2.45, 2.75) is 19.0 Å². The highest BCUT2D eigenvalue weighted by Crippen LogP contribution is 2.21. The van der Waals surface area contributed by atoms with Crippen molar-refractivity contribution >= 4 is 40.8 Å². The molecule has 4 nitrogen and oxygen atoms in total. The molecule has 0 saturated heterocycles. The smallest absolute Gasteiger partial charge is 0.339 e. The van der Waals surface area contributed by atoms with Crippen molar-refractivity contribution in [1.29, 1.82) is 0 Å². The molecule has 0 bridgehead atoms. The van der Waals surface area contributed by atoms with Gasteiger partial charge in [0.15, 0.2) is 0 Å². The second kappa shape index (κ2) is 8.98. The number of halogens is 2. The molecule has 7 heteroatoms. The lowest BCUT2D eigenvalue weighted by molar-refractivity contribution is 0.0475. The van der Waals surface area contributed by atoms with Crippen molar-refractivity contribution < 1.29 is 19.1 Å². The Balaban J connectivity index is 2.65. The topological polar surface area (TPSA) is 52.6 Å². The largest absolute Gasteiger partial charge is 0.462 e. The van der Waals surface area contributed by atoms with E-state index in [1.165, 1.54) is 18.2 Å². The molecule has 0 amide bonds. The van der Waals surface area contributed by atoms with Crippen molar-refractivity contribution in [2.24, 2.45) is 0 Å². The van der Waals surface area contributed by atoms with Gasteiger partial charge in [-0.2, -0.15) is 0 Å². The summed E-state index contributed by atoms with van der Waals surface area (Å²) < 4.78 is 10.1. The first kappa shape index (κ1) is 18.7. The van der Waals surface area contributed by atoms with Crippen LogP contribution < -0.4 is 0 Å². The Morgan fingerprint density at radius 3 is 2.23 bits per heavy atom. The quantitative estimate of drug-likeness (QED) is 0.230. The third-order valence-corrected chi connectivity index (χ3v) is 5.06. The molecule has 120 valence electrons. The summed E-state index contributed by atoms with van der Waals surface area (Å²) in [6.45, 7) is 3.38. The van der Waals surface area contributed by atoms with Gasteiger partial charge in [0.1, 0.15) is 6.61 Å². The van der Waals surface area contributed by atoms with Crippen LogP contribution in [0, 0.1) is 0 Å². The van der Waals surface area contributed by atoms with E-state index in [2.05, 4.69) is 6.58 Å². The molecule has 1 aromatic carbocycles. The molecule has 0 fully saturated rings. The van der Waals surface area contributed by atoms with Crippen LogP contribution in [0.4, 0.5) is 0 Å². The Kier molecular flexibility index (Phi) is 7.65. The first-order valence-electron chi connectivity index (χ1n) is 6.77. The maximum atomic E-state index is 12.1. The monoisotopic (exact) mass is 360 g/mol. The molecule has 0 spiro atoms. The van der Waals surface area contributed by atoms with E-state index < -0.39 is 18.6 Å². The number of rotatable bonds is 8. The molecule has 0 unspecified atom stereocenters. The number of hydrogen-bond acceptors (Lipinski definition) is 4. The summed E-state index contributed by atoms with van der Waals surface area (Å²) in [6.07, 6.45) is 2.04. The fraction of sp³-hybridized carbons (Fsp3) is 0.333. The third-order valence-electron chi connectivity index (χ3n) is 2.69. The van der Waals surface area contributed by atoms with Crippen molar-refractivity contribution in [2.75, 3.05) is 13.2 Å². The van der Waals surface area contributed by atoms with Crippen LogP contribution in [0.2, 0.25) is 12.6 Å². The summed E-state index contributed by atoms with van der Waals surface area (Å²) in [5.74, 6) is -1.16. The van der Waals surface area contributed by atoms with Crippen molar-refractivity contribution in [3.8, 4) is 0 Å². The van der Waals surface area contributed by atoms with E-state index in [0.29, 0.717) is 12.5 Å². The number of ether oxygens (including phenoxy) is 2. The Labute approximate surface area is 140 Å². The molecule has 0 aliphatic heterocycles. The van der Waals surface area contributed by atoms with Crippen LogP contribution in [0.5, 0.6) is 0 Å². The number of hydrogen-bond donors (Lipinski definition) is 0. The third kappa shape index (κ3) is 6.64. The van der Waals surface area contributed by atoms with E-state index in [0.717, 1.165) is 0 Å². The molecule has 22 heavy (non-hydrogen) atoms. The normalized spacial score (nSPS) is 10.9. The zero-order chi connectivity index (χ0) is 16.6. The van der Waals surface area contributed by atoms with Crippen molar-refractivity contribution in [3.05, 3.63) is 48.0 Å². The van der Waals surface area contributed by atoms with Gasteiger partial charge >= 0.3 is 11.9 Å². The SMILES string of the molecule is C=CCOC(=O)c1ccccc1C(=O)OCCC[Si](C)(Cl)Cl. The van der Waals surface area contributed by atoms with Gasteiger partial charge in [-0.05, 0) is 31.1 Å². The average Bonchev–Trinajstić information content (AvgIpc) is 2.48. The Hall–Kier alpha value is -1.30. The second-order valence-corrected chi connectivity index (χ2v) is 13.0. The van der Waals surface area contributed by atoms with Crippen molar-refractivity contribution in [3.63, 3.8) is 0 Å². The molecule has 1 aromatic rings. The minimum atomic E-state index is -2.18. The summed E-state index contributed by atoms with van der Waals surface area (Å²) in [7, 11) is 0. The van der Waals surface area contributed by atoms with Gasteiger partial charge < -0.3 is 9.47 Å². The van der Waals surface area contributed by atoms with Crippen LogP contribution >= 0.6 is 22.2 Å². The minimum absolute atomic E-state index is 0.0802. The van der Waals surface area contributed by atoms with Gasteiger partial charge in [-0.1, -0.05) is 24.8 Å². The number of benzene rings is 1. The van der Waals surface area contributed by atoms with Gasteiger partial charge in [-0.25, -0.2) is 9.59 Å². The Bertz CT molecular complexity index is 541. The van der Waals surface area contributed by atoms with Gasteiger partial charge in [0.05, 0.1) is 17.7 Å². The molecule has 1 rings (SSSR count). The maximum Gasteiger partial charge on any atom is 0.339 e.